The molecule has 1 N–H and O–H groups in total. The first-order chi connectivity index (χ1) is 15.1. The second-order valence-corrected chi connectivity index (χ2v) is 7.70. The lowest BCUT2D eigenvalue weighted by Gasteiger charge is -2.18. The first kappa shape index (κ1) is 20.7. The highest BCUT2D eigenvalue weighted by atomic mass is 16.5. The summed E-state index contributed by atoms with van der Waals surface area (Å²) in [6, 6.07) is 26.0. The number of nitrogens with zero attached hydrogens (tertiary/aromatic N) is 1. The molecule has 1 fully saturated rings. The lowest BCUT2D eigenvalue weighted by atomic mass is 9.85. The number of amides is 1. The minimum atomic E-state index is -0.312. The van der Waals surface area contributed by atoms with Crippen LogP contribution in [0.1, 0.15) is 30.0 Å². The zero-order valence-electron chi connectivity index (χ0n) is 18.0. The summed E-state index contributed by atoms with van der Waals surface area (Å²) in [5, 5.41) is 4.37. The third-order valence-corrected chi connectivity index (χ3v) is 5.99. The molecule has 4 rings (SSSR count). The summed E-state index contributed by atoms with van der Waals surface area (Å²) >= 11 is 0. The minimum Gasteiger partial charge on any atom is -0.497 e. The van der Waals surface area contributed by atoms with Crippen LogP contribution in [0.4, 0.5) is 0 Å². The van der Waals surface area contributed by atoms with Crippen molar-refractivity contribution in [1.82, 2.24) is 5.43 Å². The molecule has 5 heteroatoms. The number of ether oxygens (including phenoxy) is 2. The van der Waals surface area contributed by atoms with Gasteiger partial charge in [0.05, 0.1) is 25.8 Å². The Kier molecular flexibility index (Phi) is 5.76. The Bertz CT molecular complexity index is 1050. The molecule has 0 aromatic heterocycles. The van der Waals surface area contributed by atoms with Crippen LogP contribution in [0.5, 0.6) is 11.5 Å². The van der Waals surface area contributed by atoms with E-state index in [0.29, 0.717) is 17.2 Å². The first-order valence-corrected chi connectivity index (χ1v) is 10.3. The summed E-state index contributed by atoms with van der Waals surface area (Å²) in [5.74, 6) is 1.08. The maximum atomic E-state index is 13.1. The number of methoxy groups -OCH3 is 2. The molecular formula is C26H26N2O3. The van der Waals surface area contributed by atoms with Crippen LogP contribution in [0.3, 0.4) is 0 Å². The lowest BCUT2D eigenvalue weighted by molar-refractivity contribution is -0.122. The number of hydrogen-bond acceptors (Lipinski definition) is 4. The smallest absolute Gasteiger partial charge is 0.244 e. The van der Waals surface area contributed by atoms with Crippen LogP contribution < -0.4 is 14.9 Å². The minimum absolute atomic E-state index is 0.0838. The zero-order chi connectivity index (χ0) is 21.8. The highest BCUT2D eigenvalue weighted by molar-refractivity contribution is 6.02. The largest absolute Gasteiger partial charge is 0.497 e. The van der Waals surface area contributed by atoms with Gasteiger partial charge in [0, 0.05) is 17.0 Å². The molecule has 0 radical (unpaired) electrons. The molecule has 158 valence electrons. The van der Waals surface area contributed by atoms with Crippen molar-refractivity contribution in [3.63, 3.8) is 0 Å². The Morgan fingerprint density at radius 2 is 1.55 bits per heavy atom. The third kappa shape index (κ3) is 3.91. The number of nitrogens with one attached hydrogen (secondary N) is 1. The quantitative estimate of drug-likeness (QED) is 0.456. The molecule has 1 aliphatic carbocycles. The van der Waals surface area contributed by atoms with Crippen LogP contribution in [-0.2, 0) is 10.2 Å². The van der Waals surface area contributed by atoms with Crippen molar-refractivity contribution in [2.24, 2.45) is 11.0 Å². The van der Waals surface area contributed by atoms with Crippen molar-refractivity contribution in [3.05, 3.63) is 95.6 Å². The van der Waals surface area contributed by atoms with Crippen LogP contribution in [0, 0.1) is 5.92 Å². The van der Waals surface area contributed by atoms with Crippen LogP contribution in [0.25, 0.3) is 0 Å². The van der Waals surface area contributed by atoms with Crippen molar-refractivity contribution in [3.8, 4) is 11.5 Å². The molecule has 1 amide bonds. The van der Waals surface area contributed by atoms with Crippen LogP contribution in [0.15, 0.2) is 84.0 Å². The van der Waals surface area contributed by atoms with E-state index in [1.165, 1.54) is 0 Å². The monoisotopic (exact) mass is 414 g/mol. The summed E-state index contributed by atoms with van der Waals surface area (Å²) in [6.45, 7) is 1.85. The van der Waals surface area contributed by atoms with Gasteiger partial charge in [0.2, 0.25) is 5.91 Å². The molecule has 3 aromatic rings. The molecule has 5 nitrogen and oxygen atoms in total. The molecule has 0 aliphatic heterocycles. The normalized spacial score (nSPS) is 17.0. The van der Waals surface area contributed by atoms with E-state index in [1.807, 2.05) is 55.5 Å². The van der Waals surface area contributed by atoms with Gasteiger partial charge in [-0.15, -0.1) is 0 Å². The van der Waals surface area contributed by atoms with Gasteiger partial charge in [0.15, 0.2) is 0 Å². The number of benzene rings is 3. The molecule has 0 spiro atoms. The van der Waals surface area contributed by atoms with Gasteiger partial charge in [0.25, 0.3) is 0 Å². The summed E-state index contributed by atoms with van der Waals surface area (Å²) in [6.07, 6.45) is 0.757. The second-order valence-electron chi connectivity index (χ2n) is 7.70. The van der Waals surface area contributed by atoms with Gasteiger partial charge in [-0.3, -0.25) is 4.79 Å². The van der Waals surface area contributed by atoms with Crippen LogP contribution in [-0.4, -0.2) is 25.8 Å². The van der Waals surface area contributed by atoms with Gasteiger partial charge in [-0.05, 0) is 36.6 Å². The Hall–Kier alpha value is -3.60. The van der Waals surface area contributed by atoms with Crippen molar-refractivity contribution < 1.29 is 14.3 Å². The van der Waals surface area contributed by atoms with E-state index in [1.54, 1.807) is 20.3 Å². The summed E-state index contributed by atoms with van der Waals surface area (Å²) in [7, 11) is 3.21. The summed E-state index contributed by atoms with van der Waals surface area (Å²) < 4.78 is 10.7. The zero-order valence-corrected chi connectivity index (χ0v) is 18.0. The van der Waals surface area contributed by atoms with E-state index in [9.17, 15) is 4.79 Å². The molecule has 1 saturated carbocycles. The van der Waals surface area contributed by atoms with E-state index in [2.05, 4.69) is 34.8 Å². The molecule has 0 saturated heterocycles. The molecule has 1 aliphatic rings. The average Bonchev–Trinajstić information content (AvgIpc) is 3.60. The van der Waals surface area contributed by atoms with Crippen molar-refractivity contribution >= 4 is 11.6 Å². The van der Waals surface area contributed by atoms with Gasteiger partial charge in [-0.1, -0.05) is 60.7 Å². The molecule has 0 heterocycles. The van der Waals surface area contributed by atoms with E-state index in [-0.39, 0.29) is 17.2 Å². The van der Waals surface area contributed by atoms with Gasteiger partial charge in [-0.25, -0.2) is 5.43 Å². The van der Waals surface area contributed by atoms with E-state index < -0.39 is 0 Å². The number of hydrazone groups is 1. The predicted molar refractivity (Wildman–Crippen MR) is 122 cm³/mol. The molecule has 0 bridgehead atoms. The van der Waals surface area contributed by atoms with Crippen molar-refractivity contribution in [2.45, 2.75) is 18.8 Å². The second kappa shape index (κ2) is 8.64. The van der Waals surface area contributed by atoms with Crippen molar-refractivity contribution in [2.75, 3.05) is 14.2 Å². The van der Waals surface area contributed by atoms with E-state index in [4.69, 9.17) is 9.47 Å². The molecule has 3 aromatic carbocycles. The number of rotatable bonds is 7. The standard InChI is InChI=1S/C26H26N2O3/c1-18(22-15-14-21(30-2)16-24(22)31-3)27-28-25(29)23-17-26(23,19-10-6-4-7-11-19)20-12-8-5-9-13-20/h4-16,23H,17H2,1-3H3,(H,28,29)/b27-18+. The van der Waals surface area contributed by atoms with Gasteiger partial charge >= 0.3 is 0 Å². The predicted octanol–water partition coefficient (Wildman–Crippen LogP) is 4.55. The number of carbonyl (C=O) groups excluding carboxylic acids is 1. The fourth-order valence-corrected chi connectivity index (χ4v) is 4.23. The number of carbonyl (C=O) groups is 1. The van der Waals surface area contributed by atoms with Crippen LogP contribution in [0.2, 0.25) is 0 Å². The van der Waals surface area contributed by atoms with Crippen LogP contribution >= 0.6 is 0 Å². The summed E-state index contributed by atoms with van der Waals surface area (Å²) in [4.78, 5) is 13.1. The summed E-state index contributed by atoms with van der Waals surface area (Å²) in [5.41, 5.74) is 6.24. The fraction of sp³-hybridized carbons (Fsp3) is 0.231. The fourth-order valence-electron chi connectivity index (χ4n) is 4.23. The Morgan fingerprint density at radius 1 is 0.935 bits per heavy atom. The molecular weight excluding hydrogens is 388 g/mol. The average molecular weight is 415 g/mol. The maximum absolute atomic E-state index is 13.1. The Balaban J connectivity index is 1.57. The molecule has 1 atom stereocenters. The van der Waals surface area contributed by atoms with E-state index >= 15 is 0 Å². The first-order valence-electron chi connectivity index (χ1n) is 10.3. The van der Waals surface area contributed by atoms with Gasteiger partial charge < -0.3 is 9.47 Å². The number of hydrogen-bond donors (Lipinski definition) is 1. The molecule has 1 unspecified atom stereocenters. The topological polar surface area (TPSA) is 59.9 Å². The SMILES string of the molecule is COc1ccc(/C(C)=N/NC(=O)C2CC2(c2ccccc2)c2ccccc2)c(OC)c1. The van der Waals surface area contributed by atoms with E-state index in [0.717, 1.165) is 23.1 Å². The molecule has 31 heavy (non-hydrogen) atoms. The highest BCUT2D eigenvalue weighted by Gasteiger charge is 2.60. The van der Waals surface area contributed by atoms with Gasteiger partial charge in [-0.2, -0.15) is 5.10 Å². The van der Waals surface area contributed by atoms with Crippen molar-refractivity contribution in [1.29, 1.82) is 0 Å². The Labute approximate surface area is 182 Å². The lowest BCUT2D eigenvalue weighted by Crippen LogP contribution is -2.26. The highest BCUT2D eigenvalue weighted by Crippen LogP contribution is 2.58. The Morgan fingerprint density at radius 3 is 2.10 bits per heavy atom. The third-order valence-electron chi connectivity index (χ3n) is 5.99. The maximum Gasteiger partial charge on any atom is 0.244 e. The van der Waals surface area contributed by atoms with Gasteiger partial charge in [0.1, 0.15) is 11.5 Å².